The van der Waals surface area contributed by atoms with E-state index in [1.54, 1.807) is 0 Å². The molecular weight excluding hydrogens is 269 g/mol. The Labute approximate surface area is 117 Å². The Bertz CT molecular complexity index is 431. The van der Waals surface area contributed by atoms with Crippen molar-refractivity contribution in [3.8, 4) is 0 Å². The van der Waals surface area contributed by atoms with Gasteiger partial charge in [0.25, 0.3) is 0 Å². The van der Waals surface area contributed by atoms with Crippen LogP contribution in [-0.2, 0) is 11.8 Å². The number of pyridine rings is 1. The molecule has 1 aromatic heterocycles. The van der Waals surface area contributed by atoms with Gasteiger partial charge in [-0.15, -0.1) is 0 Å². The highest BCUT2D eigenvalue weighted by Crippen LogP contribution is 2.37. The van der Waals surface area contributed by atoms with Crippen LogP contribution in [0.1, 0.15) is 38.3 Å². The molecule has 6 heteroatoms. The van der Waals surface area contributed by atoms with Gasteiger partial charge in [-0.25, -0.2) is 0 Å². The van der Waals surface area contributed by atoms with E-state index in [-0.39, 0.29) is 12.0 Å². The number of rotatable bonds is 6. The quantitative estimate of drug-likeness (QED) is 0.792. The number of halogens is 3. The second kappa shape index (κ2) is 6.54. The van der Waals surface area contributed by atoms with E-state index in [1.807, 2.05) is 13.8 Å². The van der Waals surface area contributed by atoms with Gasteiger partial charge in [-0.3, -0.25) is 4.98 Å². The third kappa shape index (κ3) is 4.76. The average Bonchev–Trinajstić information content (AvgIpc) is 2.33. The maximum atomic E-state index is 12.9. The largest absolute Gasteiger partial charge is 0.416 e. The molecule has 0 aliphatic rings. The van der Waals surface area contributed by atoms with Gasteiger partial charge in [0, 0.05) is 18.0 Å². The van der Waals surface area contributed by atoms with E-state index in [9.17, 15) is 18.3 Å². The zero-order valence-corrected chi connectivity index (χ0v) is 12.0. The van der Waals surface area contributed by atoms with Crippen LogP contribution in [-0.4, -0.2) is 23.2 Å². The van der Waals surface area contributed by atoms with Gasteiger partial charge < -0.3 is 10.4 Å². The molecule has 3 nitrogen and oxygen atoms in total. The predicted molar refractivity (Wildman–Crippen MR) is 71.1 cm³/mol. The van der Waals surface area contributed by atoms with Crippen LogP contribution < -0.4 is 5.32 Å². The van der Waals surface area contributed by atoms with Crippen molar-refractivity contribution in [1.29, 1.82) is 0 Å². The van der Waals surface area contributed by atoms with E-state index < -0.39 is 17.3 Å². The molecule has 0 radical (unpaired) electrons. The summed E-state index contributed by atoms with van der Waals surface area (Å²) in [6.07, 6.45) is -2.13. The first kappa shape index (κ1) is 16.9. The summed E-state index contributed by atoms with van der Waals surface area (Å²) in [4.78, 5) is 3.70. The second-order valence-electron chi connectivity index (χ2n) is 5.54. The topological polar surface area (TPSA) is 45.1 Å². The summed E-state index contributed by atoms with van der Waals surface area (Å²) >= 11 is 0. The zero-order chi connectivity index (χ0) is 15.4. The highest BCUT2D eigenvalue weighted by atomic mass is 19.4. The molecular formula is C14H21F3N2O. The fraction of sp³-hybridized carbons (Fsp3) is 0.643. The van der Waals surface area contributed by atoms with Crippen LogP contribution in [0.15, 0.2) is 18.5 Å². The maximum absolute atomic E-state index is 12.9. The minimum Gasteiger partial charge on any atom is -0.385 e. The molecule has 114 valence electrons. The van der Waals surface area contributed by atoms with E-state index >= 15 is 0 Å². The van der Waals surface area contributed by atoms with E-state index in [2.05, 4.69) is 10.3 Å². The molecule has 0 saturated heterocycles. The summed E-state index contributed by atoms with van der Waals surface area (Å²) in [5.74, 6) is 0.448. The zero-order valence-electron chi connectivity index (χ0n) is 12.0. The number of aromatic nitrogens is 1. The van der Waals surface area contributed by atoms with Crippen molar-refractivity contribution in [2.45, 2.75) is 39.0 Å². The van der Waals surface area contributed by atoms with Crippen molar-refractivity contribution in [1.82, 2.24) is 10.3 Å². The molecule has 0 fully saturated rings. The summed E-state index contributed by atoms with van der Waals surface area (Å²) in [5, 5.41) is 13.4. The Kier molecular flexibility index (Phi) is 5.53. The summed E-state index contributed by atoms with van der Waals surface area (Å²) in [5.41, 5.74) is -2.58. The minimum absolute atomic E-state index is 0.182. The molecule has 0 spiro atoms. The molecule has 0 saturated carbocycles. The first-order valence-corrected chi connectivity index (χ1v) is 6.59. The molecule has 0 amide bonds. The van der Waals surface area contributed by atoms with Gasteiger partial charge in [-0.2, -0.15) is 13.2 Å². The van der Waals surface area contributed by atoms with E-state index in [4.69, 9.17) is 0 Å². The SMILES string of the molecule is CC(C)CNCCC(C)(O)c1cnccc1C(F)(F)F. The number of nitrogens with one attached hydrogen (secondary N) is 1. The Morgan fingerprint density at radius 1 is 1.30 bits per heavy atom. The van der Waals surface area contributed by atoms with Crippen LogP contribution in [0.5, 0.6) is 0 Å². The molecule has 1 atom stereocenters. The number of hydrogen-bond acceptors (Lipinski definition) is 3. The lowest BCUT2D eigenvalue weighted by molar-refractivity contribution is -0.140. The first-order valence-electron chi connectivity index (χ1n) is 6.59. The van der Waals surface area contributed by atoms with E-state index in [0.29, 0.717) is 12.5 Å². The Balaban J connectivity index is 2.82. The summed E-state index contributed by atoms with van der Waals surface area (Å²) < 4.78 is 38.8. The van der Waals surface area contributed by atoms with Crippen LogP contribution in [0, 0.1) is 5.92 Å². The number of nitrogens with zero attached hydrogens (tertiary/aromatic N) is 1. The molecule has 1 heterocycles. The summed E-state index contributed by atoms with van der Waals surface area (Å²) in [6.45, 7) is 6.66. The van der Waals surface area contributed by atoms with Gasteiger partial charge in [-0.05, 0) is 38.4 Å². The van der Waals surface area contributed by atoms with Crippen molar-refractivity contribution in [2.75, 3.05) is 13.1 Å². The third-order valence-corrected chi connectivity index (χ3v) is 3.05. The van der Waals surface area contributed by atoms with Crippen molar-refractivity contribution >= 4 is 0 Å². The van der Waals surface area contributed by atoms with Gasteiger partial charge in [0.2, 0.25) is 0 Å². The predicted octanol–water partition coefficient (Wildman–Crippen LogP) is 2.94. The lowest BCUT2D eigenvalue weighted by Gasteiger charge is -2.27. The van der Waals surface area contributed by atoms with Crippen LogP contribution in [0.25, 0.3) is 0 Å². The molecule has 1 unspecified atom stereocenters. The van der Waals surface area contributed by atoms with Crippen LogP contribution in [0.2, 0.25) is 0 Å². The van der Waals surface area contributed by atoms with Gasteiger partial charge in [0.05, 0.1) is 11.2 Å². The number of alkyl halides is 3. The van der Waals surface area contributed by atoms with Crippen molar-refractivity contribution in [2.24, 2.45) is 5.92 Å². The molecule has 0 aliphatic carbocycles. The average molecular weight is 290 g/mol. The molecule has 0 aliphatic heterocycles. The molecule has 20 heavy (non-hydrogen) atoms. The van der Waals surface area contributed by atoms with Gasteiger partial charge in [-0.1, -0.05) is 13.8 Å². The smallest absolute Gasteiger partial charge is 0.385 e. The lowest BCUT2D eigenvalue weighted by atomic mass is 9.90. The summed E-state index contributed by atoms with van der Waals surface area (Å²) in [7, 11) is 0. The minimum atomic E-state index is -4.49. The number of aliphatic hydroxyl groups is 1. The van der Waals surface area contributed by atoms with Crippen LogP contribution in [0.3, 0.4) is 0 Å². The van der Waals surface area contributed by atoms with E-state index in [0.717, 1.165) is 25.0 Å². The fourth-order valence-electron chi connectivity index (χ4n) is 1.93. The monoisotopic (exact) mass is 290 g/mol. The first-order chi connectivity index (χ1) is 9.14. The fourth-order valence-corrected chi connectivity index (χ4v) is 1.93. The summed E-state index contributed by atoms with van der Waals surface area (Å²) in [6, 6.07) is 0.894. The van der Waals surface area contributed by atoms with E-state index in [1.165, 1.54) is 6.92 Å². The Morgan fingerprint density at radius 2 is 1.95 bits per heavy atom. The maximum Gasteiger partial charge on any atom is 0.416 e. The van der Waals surface area contributed by atoms with Crippen molar-refractivity contribution < 1.29 is 18.3 Å². The molecule has 2 N–H and O–H groups in total. The van der Waals surface area contributed by atoms with Gasteiger partial charge in [0.1, 0.15) is 0 Å². The van der Waals surface area contributed by atoms with Crippen LogP contribution >= 0.6 is 0 Å². The molecule has 1 rings (SSSR count). The molecule has 1 aromatic rings. The number of hydrogen-bond donors (Lipinski definition) is 2. The highest BCUT2D eigenvalue weighted by Gasteiger charge is 2.38. The molecule has 0 aromatic carbocycles. The Hall–Kier alpha value is -1.14. The highest BCUT2D eigenvalue weighted by molar-refractivity contribution is 5.31. The van der Waals surface area contributed by atoms with Gasteiger partial charge in [0.15, 0.2) is 0 Å². The lowest BCUT2D eigenvalue weighted by Crippen LogP contribution is -2.31. The molecule has 0 bridgehead atoms. The second-order valence-corrected chi connectivity index (χ2v) is 5.54. The van der Waals surface area contributed by atoms with Gasteiger partial charge >= 0.3 is 6.18 Å². The third-order valence-electron chi connectivity index (χ3n) is 3.05. The van der Waals surface area contributed by atoms with Crippen molar-refractivity contribution in [3.63, 3.8) is 0 Å². The van der Waals surface area contributed by atoms with Crippen molar-refractivity contribution in [3.05, 3.63) is 29.6 Å². The standard InChI is InChI=1S/C14H21F3N2O/c1-10(2)8-19-7-5-13(3,20)12-9-18-6-4-11(12)14(15,16)17/h4,6,9-10,19-20H,5,7-8H2,1-3H3. The Morgan fingerprint density at radius 3 is 2.50 bits per heavy atom. The van der Waals surface area contributed by atoms with Crippen LogP contribution in [0.4, 0.5) is 13.2 Å². The normalized spacial score (nSPS) is 15.4.